The van der Waals surface area contributed by atoms with Crippen molar-refractivity contribution < 1.29 is 23.9 Å². The second-order valence-corrected chi connectivity index (χ2v) is 5.83. The van der Waals surface area contributed by atoms with E-state index in [-0.39, 0.29) is 22.7 Å². The van der Waals surface area contributed by atoms with E-state index in [0.717, 1.165) is 0 Å². The second-order valence-electron chi connectivity index (χ2n) is 5.83. The highest BCUT2D eigenvalue weighted by molar-refractivity contribution is 6.08. The van der Waals surface area contributed by atoms with Gasteiger partial charge in [0.25, 0.3) is 11.8 Å². The first kappa shape index (κ1) is 18.5. The molecule has 0 bridgehead atoms. The van der Waals surface area contributed by atoms with Crippen molar-refractivity contribution >= 4 is 23.5 Å². The summed E-state index contributed by atoms with van der Waals surface area (Å²) >= 11 is 0. The van der Waals surface area contributed by atoms with E-state index in [2.05, 4.69) is 10.3 Å². The van der Waals surface area contributed by atoms with Crippen LogP contribution in [0.4, 0.5) is 5.69 Å². The van der Waals surface area contributed by atoms with Gasteiger partial charge in [0.1, 0.15) is 5.69 Å². The summed E-state index contributed by atoms with van der Waals surface area (Å²) in [5, 5.41) is 2.68. The molecule has 1 aromatic carbocycles. The van der Waals surface area contributed by atoms with Gasteiger partial charge in [-0.1, -0.05) is 12.1 Å². The van der Waals surface area contributed by atoms with Crippen molar-refractivity contribution in [1.82, 2.24) is 9.88 Å². The maximum absolute atomic E-state index is 12.6. The van der Waals surface area contributed by atoms with E-state index in [1.54, 1.807) is 29.2 Å². The molecule has 0 saturated carbocycles. The molecule has 0 spiro atoms. The van der Waals surface area contributed by atoms with Crippen LogP contribution in [0.2, 0.25) is 0 Å². The summed E-state index contributed by atoms with van der Waals surface area (Å²) in [7, 11) is 1.27. The molecule has 0 aliphatic carbocycles. The third-order valence-corrected chi connectivity index (χ3v) is 4.12. The zero-order valence-electron chi connectivity index (χ0n) is 14.8. The van der Waals surface area contributed by atoms with Crippen molar-refractivity contribution in [2.24, 2.45) is 0 Å². The van der Waals surface area contributed by atoms with E-state index in [1.807, 2.05) is 0 Å². The van der Waals surface area contributed by atoms with Crippen LogP contribution in [0.5, 0.6) is 0 Å². The Kier molecular flexibility index (Phi) is 5.77. The molecule has 2 heterocycles. The number of carbonyl (C=O) groups is 3. The molecule has 0 radical (unpaired) electrons. The van der Waals surface area contributed by atoms with E-state index in [0.29, 0.717) is 32.0 Å². The Labute approximate surface area is 156 Å². The molecule has 1 aliphatic rings. The number of hydrogen-bond acceptors (Lipinski definition) is 6. The number of benzene rings is 1. The van der Waals surface area contributed by atoms with Gasteiger partial charge in [0.05, 0.1) is 31.6 Å². The molecule has 1 aromatic heterocycles. The Hall–Kier alpha value is -3.26. The van der Waals surface area contributed by atoms with Crippen molar-refractivity contribution in [3.05, 3.63) is 59.4 Å². The monoisotopic (exact) mass is 369 g/mol. The lowest BCUT2D eigenvalue weighted by Gasteiger charge is -2.26. The van der Waals surface area contributed by atoms with Gasteiger partial charge in [0, 0.05) is 24.8 Å². The quantitative estimate of drug-likeness (QED) is 0.822. The predicted octanol–water partition coefficient (Wildman–Crippen LogP) is 1.59. The molecule has 0 unspecified atom stereocenters. The predicted molar refractivity (Wildman–Crippen MR) is 96.7 cm³/mol. The van der Waals surface area contributed by atoms with Crippen LogP contribution in [0.15, 0.2) is 42.6 Å². The largest absolute Gasteiger partial charge is 0.465 e. The fraction of sp³-hybridized carbons (Fsp3) is 0.263. The average molecular weight is 369 g/mol. The molecule has 8 nitrogen and oxygen atoms in total. The third-order valence-electron chi connectivity index (χ3n) is 4.12. The van der Waals surface area contributed by atoms with Crippen LogP contribution in [0.1, 0.15) is 31.2 Å². The van der Waals surface area contributed by atoms with Gasteiger partial charge >= 0.3 is 5.97 Å². The molecular weight excluding hydrogens is 350 g/mol. The molecule has 1 fully saturated rings. The fourth-order valence-electron chi connectivity index (χ4n) is 2.69. The lowest BCUT2D eigenvalue weighted by molar-refractivity contribution is 0.0299. The van der Waals surface area contributed by atoms with Crippen LogP contribution in [-0.4, -0.2) is 61.1 Å². The lowest BCUT2D eigenvalue weighted by Crippen LogP contribution is -2.41. The van der Waals surface area contributed by atoms with Gasteiger partial charge in [-0.3, -0.25) is 14.6 Å². The van der Waals surface area contributed by atoms with Gasteiger partial charge < -0.3 is 19.7 Å². The molecule has 2 amide bonds. The van der Waals surface area contributed by atoms with Crippen molar-refractivity contribution in [1.29, 1.82) is 0 Å². The Bertz CT molecular complexity index is 862. The number of anilines is 1. The summed E-state index contributed by atoms with van der Waals surface area (Å²) in [4.78, 5) is 42.7. The second kappa shape index (κ2) is 8.41. The van der Waals surface area contributed by atoms with Gasteiger partial charge in [-0.15, -0.1) is 0 Å². The molecule has 1 N–H and O–H groups in total. The van der Waals surface area contributed by atoms with Gasteiger partial charge in [0.15, 0.2) is 0 Å². The number of amides is 2. The van der Waals surface area contributed by atoms with Gasteiger partial charge in [-0.25, -0.2) is 4.79 Å². The average Bonchev–Trinajstić information content (AvgIpc) is 2.73. The first-order chi connectivity index (χ1) is 13.1. The highest BCUT2D eigenvalue weighted by Crippen LogP contribution is 2.17. The van der Waals surface area contributed by atoms with Crippen molar-refractivity contribution in [3.8, 4) is 0 Å². The summed E-state index contributed by atoms with van der Waals surface area (Å²) in [6.07, 6.45) is 1.41. The molecular formula is C19H19N3O5. The van der Waals surface area contributed by atoms with Gasteiger partial charge in [-0.2, -0.15) is 0 Å². The highest BCUT2D eigenvalue weighted by atomic mass is 16.5. The number of nitrogens with zero attached hydrogens (tertiary/aromatic N) is 2. The van der Waals surface area contributed by atoms with E-state index in [1.165, 1.54) is 25.4 Å². The summed E-state index contributed by atoms with van der Waals surface area (Å²) in [6, 6.07) is 9.47. The number of aromatic nitrogens is 1. The zero-order valence-corrected chi connectivity index (χ0v) is 14.8. The summed E-state index contributed by atoms with van der Waals surface area (Å²) in [5.74, 6) is -1.25. The van der Waals surface area contributed by atoms with Crippen molar-refractivity contribution in [2.75, 3.05) is 38.7 Å². The number of esters is 1. The minimum Gasteiger partial charge on any atom is -0.465 e. The van der Waals surface area contributed by atoms with Crippen LogP contribution in [0.25, 0.3) is 0 Å². The van der Waals surface area contributed by atoms with E-state index < -0.39 is 11.9 Å². The van der Waals surface area contributed by atoms with Crippen LogP contribution >= 0.6 is 0 Å². The minimum absolute atomic E-state index is 0.186. The number of hydrogen-bond donors (Lipinski definition) is 1. The number of methoxy groups -OCH3 is 1. The molecule has 3 rings (SSSR count). The first-order valence-electron chi connectivity index (χ1n) is 8.42. The van der Waals surface area contributed by atoms with Crippen LogP contribution in [-0.2, 0) is 9.47 Å². The van der Waals surface area contributed by atoms with E-state index in [4.69, 9.17) is 9.47 Å². The van der Waals surface area contributed by atoms with E-state index in [9.17, 15) is 14.4 Å². The normalized spacial score (nSPS) is 13.7. The molecule has 27 heavy (non-hydrogen) atoms. The molecule has 8 heteroatoms. The Morgan fingerprint density at radius 2 is 1.89 bits per heavy atom. The van der Waals surface area contributed by atoms with Gasteiger partial charge in [-0.05, 0) is 24.3 Å². The van der Waals surface area contributed by atoms with Crippen LogP contribution in [0.3, 0.4) is 0 Å². The molecule has 1 saturated heterocycles. The number of rotatable bonds is 4. The molecule has 1 aliphatic heterocycles. The van der Waals surface area contributed by atoms with Crippen molar-refractivity contribution in [2.45, 2.75) is 0 Å². The Morgan fingerprint density at radius 1 is 1.15 bits per heavy atom. The SMILES string of the molecule is COC(=O)c1ccccc1NC(=O)c1ccnc(C(=O)N2CCOCC2)c1. The van der Waals surface area contributed by atoms with Crippen molar-refractivity contribution in [3.63, 3.8) is 0 Å². The van der Waals surface area contributed by atoms with E-state index >= 15 is 0 Å². The summed E-state index contributed by atoms with van der Waals surface area (Å²) < 4.78 is 9.96. The number of para-hydroxylation sites is 1. The molecule has 140 valence electrons. The number of carbonyl (C=O) groups excluding carboxylic acids is 3. The smallest absolute Gasteiger partial charge is 0.339 e. The van der Waals surface area contributed by atoms with Crippen LogP contribution < -0.4 is 5.32 Å². The maximum Gasteiger partial charge on any atom is 0.339 e. The Balaban J connectivity index is 1.78. The highest BCUT2D eigenvalue weighted by Gasteiger charge is 2.21. The van der Waals surface area contributed by atoms with Gasteiger partial charge in [0.2, 0.25) is 0 Å². The minimum atomic E-state index is -0.552. The number of ether oxygens (including phenoxy) is 2. The molecule has 2 aromatic rings. The standard InChI is InChI=1S/C19H19N3O5/c1-26-19(25)14-4-2-3-5-15(14)21-17(23)13-6-7-20-16(12-13)18(24)22-8-10-27-11-9-22/h2-7,12H,8-11H2,1H3,(H,21,23). The zero-order chi connectivity index (χ0) is 19.2. The summed E-state index contributed by atoms with van der Waals surface area (Å²) in [5.41, 5.74) is 1.02. The summed E-state index contributed by atoms with van der Waals surface area (Å²) in [6.45, 7) is 1.94. The number of pyridine rings is 1. The number of morpholine rings is 1. The first-order valence-corrected chi connectivity index (χ1v) is 8.42. The number of nitrogens with one attached hydrogen (secondary N) is 1. The Morgan fingerprint density at radius 3 is 2.63 bits per heavy atom. The molecule has 0 atom stereocenters. The topological polar surface area (TPSA) is 97.8 Å². The third kappa shape index (κ3) is 4.29. The maximum atomic E-state index is 12.6. The lowest BCUT2D eigenvalue weighted by atomic mass is 10.1. The fourth-order valence-corrected chi connectivity index (χ4v) is 2.69. The van der Waals surface area contributed by atoms with Crippen LogP contribution in [0, 0.1) is 0 Å².